The molecular formula is C10H22O3Si. The zero-order valence-electron chi connectivity index (χ0n) is 9.74. The summed E-state index contributed by atoms with van der Waals surface area (Å²) in [4.78, 5) is 0. The molecule has 0 aromatic carbocycles. The highest BCUT2D eigenvalue weighted by Gasteiger charge is 2.46. The fourth-order valence-corrected chi connectivity index (χ4v) is 2.59. The van der Waals surface area contributed by atoms with Crippen LogP contribution < -0.4 is 0 Å². The Bertz CT molecular complexity index is 210. The predicted octanol–water partition coefficient (Wildman–Crippen LogP) is 1.50. The first-order valence-electron chi connectivity index (χ1n) is 5.19. The normalized spacial score (nSPS) is 34.1. The van der Waals surface area contributed by atoms with Gasteiger partial charge in [-0.15, -0.1) is 0 Å². The van der Waals surface area contributed by atoms with Gasteiger partial charge in [0.15, 0.2) is 8.32 Å². The van der Waals surface area contributed by atoms with Crippen LogP contribution in [0.5, 0.6) is 0 Å². The molecule has 1 fully saturated rings. The first-order valence-corrected chi connectivity index (χ1v) is 8.10. The van der Waals surface area contributed by atoms with E-state index in [2.05, 4.69) is 33.9 Å². The summed E-state index contributed by atoms with van der Waals surface area (Å²) >= 11 is 0. The van der Waals surface area contributed by atoms with Crippen molar-refractivity contribution in [3.8, 4) is 0 Å². The summed E-state index contributed by atoms with van der Waals surface area (Å²) in [5, 5.41) is 18.8. The molecule has 0 radical (unpaired) electrons. The Kier molecular flexibility index (Phi) is 3.12. The second-order valence-electron chi connectivity index (χ2n) is 5.71. The van der Waals surface area contributed by atoms with Gasteiger partial charge >= 0.3 is 0 Å². The molecule has 3 atom stereocenters. The van der Waals surface area contributed by atoms with Gasteiger partial charge in [0.1, 0.15) is 6.10 Å². The molecule has 0 aliphatic heterocycles. The van der Waals surface area contributed by atoms with Gasteiger partial charge < -0.3 is 14.6 Å². The molecule has 0 heterocycles. The fourth-order valence-electron chi connectivity index (χ4n) is 1.24. The molecule has 1 rings (SSSR count). The van der Waals surface area contributed by atoms with Crippen LogP contribution in [0.25, 0.3) is 0 Å². The molecule has 0 amide bonds. The molecule has 0 aromatic heterocycles. The van der Waals surface area contributed by atoms with Crippen LogP contribution in [0, 0.1) is 0 Å². The maximum Gasteiger partial charge on any atom is 0.192 e. The average Bonchev–Trinajstić information content (AvgIpc) is 2.01. The minimum absolute atomic E-state index is 0.147. The summed E-state index contributed by atoms with van der Waals surface area (Å²) in [6, 6.07) is 0. The van der Waals surface area contributed by atoms with E-state index >= 15 is 0 Å². The van der Waals surface area contributed by atoms with Crippen molar-refractivity contribution in [3.63, 3.8) is 0 Å². The smallest absolute Gasteiger partial charge is 0.192 e. The zero-order valence-corrected chi connectivity index (χ0v) is 10.7. The van der Waals surface area contributed by atoms with E-state index in [9.17, 15) is 10.2 Å². The molecule has 84 valence electrons. The molecule has 0 spiro atoms. The van der Waals surface area contributed by atoms with Gasteiger partial charge in [0, 0.05) is 6.42 Å². The number of aliphatic hydroxyl groups is 2. The quantitative estimate of drug-likeness (QED) is 0.691. The molecule has 4 heteroatoms. The highest BCUT2D eigenvalue weighted by molar-refractivity contribution is 6.74. The highest BCUT2D eigenvalue weighted by Crippen LogP contribution is 2.40. The van der Waals surface area contributed by atoms with Crippen LogP contribution in [-0.4, -0.2) is 36.8 Å². The summed E-state index contributed by atoms with van der Waals surface area (Å²) in [7, 11) is -1.78. The molecule has 2 N–H and O–H groups in total. The van der Waals surface area contributed by atoms with Gasteiger partial charge in [-0.25, -0.2) is 0 Å². The lowest BCUT2D eigenvalue weighted by atomic mass is 9.89. The lowest BCUT2D eigenvalue weighted by Gasteiger charge is -2.46. The Hall–Kier alpha value is 0.0969. The molecular weight excluding hydrogens is 196 g/mol. The van der Waals surface area contributed by atoms with Crippen LogP contribution in [0.4, 0.5) is 0 Å². The Morgan fingerprint density at radius 3 is 2.00 bits per heavy atom. The van der Waals surface area contributed by atoms with Crippen molar-refractivity contribution in [2.75, 3.05) is 0 Å². The van der Waals surface area contributed by atoms with Gasteiger partial charge in [0.25, 0.3) is 0 Å². The third kappa shape index (κ3) is 2.19. The van der Waals surface area contributed by atoms with Crippen LogP contribution in [0.1, 0.15) is 27.2 Å². The zero-order chi connectivity index (χ0) is 11.1. The summed E-state index contributed by atoms with van der Waals surface area (Å²) in [6.07, 6.45) is -0.826. The third-order valence-electron chi connectivity index (χ3n) is 3.50. The van der Waals surface area contributed by atoms with Crippen molar-refractivity contribution in [1.82, 2.24) is 0 Å². The van der Waals surface area contributed by atoms with E-state index in [0.29, 0.717) is 6.42 Å². The summed E-state index contributed by atoms with van der Waals surface area (Å²) in [5.74, 6) is 0. The van der Waals surface area contributed by atoms with Crippen LogP contribution in [0.2, 0.25) is 18.1 Å². The van der Waals surface area contributed by atoms with E-state index < -0.39 is 20.5 Å². The van der Waals surface area contributed by atoms with Crippen LogP contribution in [0.15, 0.2) is 0 Å². The molecule has 14 heavy (non-hydrogen) atoms. The van der Waals surface area contributed by atoms with Crippen molar-refractivity contribution in [3.05, 3.63) is 0 Å². The summed E-state index contributed by atoms with van der Waals surface area (Å²) in [5.41, 5.74) is 0. The fraction of sp³-hybridized carbons (Fsp3) is 1.00. The number of hydrogen-bond donors (Lipinski definition) is 2. The van der Waals surface area contributed by atoms with Crippen LogP contribution >= 0.6 is 0 Å². The van der Waals surface area contributed by atoms with Gasteiger partial charge in [0.2, 0.25) is 0 Å². The van der Waals surface area contributed by atoms with Crippen molar-refractivity contribution < 1.29 is 14.6 Å². The lowest BCUT2D eigenvalue weighted by Crippen LogP contribution is -2.57. The number of hydrogen-bond acceptors (Lipinski definition) is 3. The molecule has 0 aromatic rings. The predicted molar refractivity (Wildman–Crippen MR) is 58.7 cm³/mol. The van der Waals surface area contributed by atoms with Gasteiger partial charge in [-0.2, -0.15) is 0 Å². The Morgan fingerprint density at radius 1 is 1.21 bits per heavy atom. The van der Waals surface area contributed by atoms with Gasteiger partial charge in [0.05, 0.1) is 12.2 Å². The van der Waals surface area contributed by atoms with E-state index in [1.807, 2.05) is 0 Å². The molecule has 3 nitrogen and oxygen atoms in total. The van der Waals surface area contributed by atoms with E-state index in [4.69, 9.17) is 4.43 Å². The van der Waals surface area contributed by atoms with Crippen molar-refractivity contribution in [2.24, 2.45) is 0 Å². The molecule has 1 saturated carbocycles. The average molecular weight is 218 g/mol. The maximum atomic E-state index is 9.45. The Balaban J connectivity index is 2.53. The van der Waals surface area contributed by atoms with Gasteiger partial charge in [-0.1, -0.05) is 20.8 Å². The molecule has 1 aliphatic rings. The maximum absolute atomic E-state index is 9.45. The number of rotatable bonds is 2. The largest absolute Gasteiger partial charge is 0.411 e. The minimum atomic E-state index is -1.78. The number of aliphatic hydroxyl groups excluding tert-OH is 2. The Labute approximate surface area is 87.2 Å². The topological polar surface area (TPSA) is 49.7 Å². The highest BCUT2D eigenvalue weighted by atomic mass is 28.4. The second kappa shape index (κ2) is 3.59. The standard InChI is InChI=1S/C10H22O3Si/c1-10(2,3)14(4,5)13-8-6-7(11)9(8)12/h7-9,11-12H,6H2,1-5H3/t7-,8-,9-/m1/s1. The minimum Gasteiger partial charge on any atom is -0.411 e. The van der Waals surface area contributed by atoms with E-state index in [1.54, 1.807) is 0 Å². The van der Waals surface area contributed by atoms with Crippen LogP contribution in [0.3, 0.4) is 0 Å². The van der Waals surface area contributed by atoms with Gasteiger partial charge in [-0.05, 0) is 18.1 Å². The lowest BCUT2D eigenvalue weighted by molar-refractivity contribution is -0.137. The first-order chi connectivity index (χ1) is 6.15. The van der Waals surface area contributed by atoms with Crippen molar-refractivity contribution in [2.45, 2.75) is 63.6 Å². The summed E-state index contributed by atoms with van der Waals surface area (Å²) in [6.45, 7) is 10.8. The first kappa shape index (κ1) is 12.2. The van der Waals surface area contributed by atoms with E-state index in [-0.39, 0.29) is 11.1 Å². The van der Waals surface area contributed by atoms with Gasteiger partial charge in [-0.3, -0.25) is 0 Å². The molecule has 0 unspecified atom stereocenters. The monoisotopic (exact) mass is 218 g/mol. The van der Waals surface area contributed by atoms with E-state index in [1.165, 1.54) is 0 Å². The van der Waals surface area contributed by atoms with Crippen molar-refractivity contribution in [1.29, 1.82) is 0 Å². The summed E-state index contributed by atoms with van der Waals surface area (Å²) < 4.78 is 5.95. The third-order valence-corrected chi connectivity index (χ3v) is 8.01. The SMILES string of the molecule is CC(C)(C)[Si](C)(C)O[C@@H]1C[C@@H](O)[C@H]1O. The van der Waals surface area contributed by atoms with Crippen molar-refractivity contribution >= 4 is 8.32 Å². The second-order valence-corrected chi connectivity index (χ2v) is 10.5. The molecule has 1 aliphatic carbocycles. The van der Waals surface area contributed by atoms with Crippen LogP contribution in [-0.2, 0) is 4.43 Å². The Morgan fingerprint density at radius 2 is 1.71 bits per heavy atom. The van der Waals surface area contributed by atoms with E-state index in [0.717, 1.165) is 0 Å². The molecule has 0 saturated heterocycles. The molecule has 0 bridgehead atoms.